The summed E-state index contributed by atoms with van der Waals surface area (Å²) in [5, 5.41) is 6.64. The monoisotopic (exact) mass is 389 g/mol. The molecule has 0 radical (unpaired) electrons. The number of anilines is 1. The van der Waals surface area contributed by atoms with Gasteiger partial charge in [-0.05, 0) is 30.2 Å². The number of hydrogen-bond acceptors (Lipinski definition) is 5. The highest BCUT2D eigenvalue weighted by molar-refractivity contribution is 7.07. The molecule has 0 unspecified atom stereocenters. The predicted octanol–water partition coefficient (Wildman–Crippen LogP) is 4.54. The maximum atomic E-state index is 4.69. The van der Waals surface area contributed by atoms with Crippen molar-refractivity contribution in [3.63, 3.8) is 0 Å². The van der Waals surface area contributed by atoms with Crippen molar-refractivity contribution in [1.29, 1.82) is 0 Å². The van der Waals surface area contributed by atoms with Gasteiger partial charge in [0, 0.05) is 42.8 Å². The third-order valence-electron chi connectivity index (χ3n) is 4.69. The molecule has 0 bridgehead atoms. The normalized spacial score (nSPS) is 10.9. The Balaban J connectivity index is 1.53. The average Bonchev–Trinajstić information content (AvgIpc) is 3.44. The number of rotatable bonds is 8. The zero-order chi connectivity index (χ0) is 19.2. The van der Waals surface area contributed by atoms with E-state index in [9.17, 15) is 0 Å². The Morgan fingerprint density at radius 1 is 1.00 bits per heavy atom. The fourth-order valence-corrected chi connectivity index (χ4v) is 3.67. The number of aromatic nitrogens is 4. The first-order chi connectivity index (χ1) is 13.8. The smallest absolute Gasteiger partial charge is 0.128 e. The van der Waals surface area contributed by atoms with E-state index in [2.05, 4.69) is 57.7 Å². The molecule has 4 rings (SSSR count). The first kappa shape index (κ1) is 18.4. The van der Waals surface area contributed by atoms with Crippen LogP contribution in [0.5, 0.6) is 0 Å². The molecule has 0 atom stereocenters. The van der Waals surface area contributed by atoms with E-state index < -0.39 is 0 Å². The molecule has 0 spiro atoms. The molecule has 4 aromatic rings. The summed E-state index contributed by atoms with van der Waals surface area (Å²) in [5.74, 6) is 0.986. The van der Waals surface area contributed by atoms with Gasteiger partial charge in [0.15, 0.2) is 0 Å². The van der Waals surface area contributed by atoms with Gasteiger partial charge in [0.05, 0.1) is 23.1 Å². The molecule has 142 valence electrons. The second-order valence-electron chi connectivity index (χ2n) is 6.66. The van der Waals surface area contributed by atoms with Gasteiger partial charge in [-0.25, -0.2) is 14.6 Å². The van der Waals surface area contributed by atoms with E-state index in [1.165, 1.54) is 5.56 Å². The number of pyridine rings is 1. The highest BCUT2D eigenvalue weighted by Gasteiger charge is 2.12. The lowest BCUT2D eigenvalue weighted by molar-refractivity contribution is 0.759. The Labute approximate surface area is 169 Å². The standard InChI is InChI=1S/C22H23N5S/c1-2-18-8-9-22(23-12-18)26(11-10-20-16-28-17-24-20)14-19-13-25-27(15-19)21-6-4-3-5-7-21/h3-9,12-13,15-17H,2,10-11,14H2,1H3. The second kappa shape index (κ2) is 8.80. The van der Waals surface area contributed by atoms with E-state index in [0.717, 1.165) is 48.7 Å². The van der Waals surface area contributed by atoms with E-state index in [1.54, 1.807) is 11.3 Å². The summed E-state index contributed by atoms with van der Waals surface area (Å²) in [6.45, 7) is 3.77. The van der Waals surface area contributed by atoms with Crippen LogP contribution in [0.3, 0.4) is 0 Å². The summed E-state index contributed by atoms with van der Waals surface area (Å²) in [6, 6.07) is 14.4. The van der Waals surface area contributed by atoms with Crippen LogP contribution in [0.2, 0.25) is 0 Å². The van der Waals surface area contributed by atoms with E-state index in [0.29, 0.717) is 0 Å². The van der Waals surface area contributed by atoms with Gasteiger partial charge in [-0.3, -0.25) is 0 Å². The van der Waals surface area contributed by atoms with Gasteiger partial charge in [-0.2, -0.15) is 5.10 Å². The summed E-state index contributed by atoms with van der Waals surface area (Å²) in [6.07, 6.45) is 7.89. The summed E-state index contributed by atoms with van der Waals surface area (Å²) in [5.41, 5.74) is 6.48. The Morgan fingerprint density at radius 2 is 1.89 bits per heavy atom. The van der Waals surface area contributed by atoms with Crippen LogP contribution in [-0.2, 0) is 19.4 Å². The number of hydrogen-bond donors (Lipinski definition) is 0. The lowest BCUT2D eigenvalue weighted by atomic mass is 10.2. The minimum Gasteiger partial charge on any atom is -0.352 e. The number of aryl methyl sites for hydroxylation is 1. The van der Waals surface area contributed by atoms with Crippen molar-refractivity contribution in [3.8, 4) is 5.69 Å². The number of benzene rings is 1. The summed E-state index contributed by atoms with van der Waals surface area (Å²) >= 11 is 1.64. The zero-order valence-electron chi connectivity index (χ0n) is 15.9. The van der Waals surface area contributed by atoms with E-state index in [-0.39, 0.29) is 0 Å². The lowest BCUT2D eigenvalue weighted by Crippen LogP contribution is -2.26. The molecule has 3 aromatic heterocycles. The number of nitrogens with zero attached hydrogens (tertiary/aromatic N) is 5. The van der Waals surface area contributed by atoms with Gasteiger partial charge in [0.25, 0.3) is 0 Å². The average molecular weight is 390 g/mol. The van der Waals surface area contributed by atoms with E-state index >= 15 is 0 Å². The molecule has 0 saturated carbocycles. The van der Waals surface area contributed by atoms with Crippen molar-refractivity contribution in [1.82, 2.24) is 19.7 Å². The van der Waals surface area contributed by atoms with Crippen LogP contribution in [0.1, 0.15) is 23.7 Å². The molecule has 3 heterocycles. The molecule has 0 aliphatic heterocycles. The van der Waals surface area contributed by atoms with Crippen molar-refractivity contribution in [2.24, 2.45) is 0 Å². The van der Waals surface area contributed by atoms with Crippen molar-refractivity contribution in [2.75, 3.05) is 11.4 Å². The quantitative estimate of drug-likeness (QED) is 0.444. The summed E-state index contributed by atoms with van der Waals surface area (Å²) < 4.78 is 1.92. The molecule has 0 fully saturated rings. The highest BCUT2D eigenvalue weighted by atomic mass is 32.1. The molecule has 0 N–H and O–H groups in total. The van der Waals surface area contributed by atoms with Crippen LogP contribution in [0.15, 0.2) is 71.9 Å². The van der Waals surface area contributed by atoms with Crippen molar-refractivity contribution >= 4 is 17.2 Å². The second-order valence-corrected chi connectivity index (χ2v) is 7.38. The van der Waals surface area contributed by atoms with Gasteiger partial charge in [-0.15, -0.1) is 11.3 Å². The summed E-state index contributed by atoms with van der Waals surface area (Å²) in [4.78, 5) is 11.4. The molecule has 1 aromatic carbocycles. The predicted molar refractivity (Wildman–Crippen MR) is 114 cm³/mol. The van der Waals surface area contributed by atoms with Crippen molar-refractivity contribution in [3.05, 3.63) is 88.8 Å². The third kappa shape index (κ3) is 4.46. The first-order valence-electron chi connectivity index (χ1n) is 9.47. The molecule has 0 saturated heterocycles. The maximum Gasteiger partial charge on any atom is 0.128 e. The Kier molecular flexibility index (Phi) is 5.77. The number of thiazole rings is 1. The SMILES string of the molecule is CCc1ccc(N(CCc2cscn2)Cc2cnn(-c3ccccc3)c2)nc1. The van der Waals surface area contributed by atoms with Gasteiger partial charge in [0.1, 0.15) is 5.82 Å². The molecule has 5 nitrogen and oxygen atoms in total. The van der Waals surface area contributed by atoms with Crippen LogP contribution >= 0.6 is 11.3 Å². The maximum absolute atomic E-state index is 4.69. The zero-order valence-corrected chi connectivity index (χ0v) is 16.7. The van der Waals surface area contributed by atoms with Crippen LogP contribution in [0, 0.1) is 0 Å². The summed E-state index contributed by atoms with van der Waals surface area (Å²) in [7, 11) is 0. The minimum absolute atomic E-state index is 0.759. The molecule has 28 heavy (non-hydrogen) atoms. The Morgan fingerprint density at radius 3 is 2.61 bits per heavy atom. The van der Waals surface area contributed by atoms with Gasteiger partial charge in [0.2, 0.25) is 0 Å². The lowest BCUT2D eigenvalue weighted by Gasteiger charge is -2.23. The molecule has 6 heteroatoms. The van der Waals surface area contributed by atoms with Crippen LogP contribution in [-0.4, -0.2) is 26.3 Å². The molecular formula is C22H23N5S. The molecular weight excluding hydrogens is 366 g/mol. The van der Waals surface area contributed by atoms with Crippen LogP contribution < -0.4 is 4.90 Å². The van der Waals surface area contributed by atoms with Gasteiger partial charge < -0.3 is 4.90 Å². The van der Waals surface area contributed by atoms with Gasteiger partial charge in [-0.1, -0.05) is 31.2 Å². The number of para-hydroxylation sites is 1. The molecule has 0 aliphatic rings. The first-order valence-corrected chi connectivity index (χ1v) is 10.4. The molecule has 0 aliphatic carbocycles. The fourth-order valence-electron chi connectivity index (χ4n) is 3.08. The Hall–Kier alpha value is -2.99. The fraction of sp³-hybridized carbons (Fsp3) is 0.227. The van der Waals surface area contributed by atoms with Crippen LogP contribution in [0.4, 0.5) is 5.82 Å². The topological polar surface area (TPSA) is 46.8 Å². The minimum atomic E-state index is 0.759. The van der Waals surface area contributed by atoms with Crippen molar-refractivity contribution in [2.45, 2.75) is 26.3 Å². The Bertz CT molecular complexity index is 977. The van der Waals surface area contributed by atoms with E-state index in [1.807, 2.05) is 40.8 Å². The highest BCUT2D eigenvalue weighted by Crippen LogP contribution is 2.17. The van der Waals surface area contributed by atoms with Crippen LogP contribution in [0.25, 0.3) is 5.69 Å². The van der Waals surface area contributed by atoms with Crippen molar-refractivity contribution < 1.29 is 0 Å². The van der Waals surface area contributed by atoms with Gasteiger partial charge >= 0.3 is 0 Å². The third-order valence-corrected chi connectivity index (χ3v) is 5.33. The largest absolute Gasteiger partial charge is 0.352 e. The van der Waals surface area contributed by atoms with E-state index in [4.69, 9.17) is 4.98 Å². The molecule has 0 amide bonds.